The van der Waals surface area contributed by atoms with Crippen molar-refractivity contribution in [1.29, 1.82) is 0 Å². The number of thiazole rings is 1. The summed E-state index contributed by atoms with van der Waals surface area (Å²) in [6.07, 6.45) is 4.19. The summed E-state index contributed by atoms with van der Waals surface area (Å²) >= 11 is 4.82. The smallest absolute Gasteiger partial charge is 0.280 e. The summed E-state index contributed by atoms with van der Waals surface area (Å²) < 4.78 is 0.474. The molecule has 0 aliphatic heterocycles. The molecule has 0 spiro atoms. The maximum Gasteiger partial charge on any atom is 0.280 e. The standard InChI is InChI=1S/C9H9BrN4OS/c10-8-6(5-13-14-9(8)15)11-2-1-7-12-3-4-16-7/h3-5H,1-2H2,(H2,11,14,15). The Morgan fingerprint density at radius 3 is 3.19 bits per heavy atom. The SMILES string of the molecule is O=c1[nH]ncc(NCCc2nccs2)c1Br. The Morgan fingerprint density at radius 2 is 2.44 bits per heavy atom. The highest BCUT2D eigenvalue weighted by Crippen LogP contribution is 2.15. The highest BCUT2D eigenvalue weighted by atomic mass is 79.9. The van der Waals surface area contributed by atoms with Crippen LogP contribution in [0.4, 0.5) is 5.69 Å². The van der Waals surface area contributed by atoms with Gasteiger partial charge < -0.3 is 5.32 Å². The van der Waals surface area contributed by atoms with Gasteiger partial charge >= 0.3 is 0 Å². The molecule has 0 saturated heterocycles. The third-order valence-electron chi connectivity index (χ3n) is 1.93. The predicted octanol–water partition coefficient (Wildman–Crippen LogP) is 1.64. The van der Waals surface area contributed by atoms with Gasteiger partial charge in [0.15, 0.2) is 0 Å². The van der Waals surface area contributed by atoms with E-state index in [0.717, 1.165) is 18.0 Å². The number of aromatic amines is 1. The van der Waals surface area contributed by atoms with Crippen LogP contribution >= 0.6 is 27.3 Å². The second kappa shape index (κ2) is 5.22. The van der Waals surface area contributed by atoms with Crippen LogP contribution in [0.3, 0.4) is 0 Å². The van der Waals surface area contributed by atoms with Gasteiger partial charge in [-0.1, -0.05) is 0 Å². The van der Waals surface area contributed by atoms with Gasteiger partial charge in [0, 0.05) is 24.5 Å². The molecule has 2 aromatic rings. The Kier molecular flexibility index (Phi) is 3.68. The number of hydrogen-bond donors (Lipinski definition) is 2. The Hall–Kier alpha value is -1.21. The number of anilines is 1. The molecule has 2 N–H and O–H groups in total. The van der Waals surface area contributed by atoms with E-state index in [9.17, 15) is 4.79 Å². The van der Waals surface area contributed by atoms with Gasteiger partial charge in [-0.3, -0.25) is 4.79 Å². The molecule has 0 bridgehead atoms. The quantitative estimate of drug-likeness (QED) is 0.900. The molecule has 5 nitrogen and oxygen atoms in total. The lowest BCUT2D eigenvalue weighted by atomic mass is 10.4. The van der Waals surface area contributed by atoms with Crippen molar-refractivity contribution in [3.05, 3.63) is 37.6 Å². The van der Waals surface area contributed by atoms with E-state index in [0.29, 0.717) is 10.2 Å². The average molecular weight is 301 g/mol. The summed E-state index contributed by atoms with van der Waals surface area (Å²) in [5, 5.41) is 12.2. The maximum atomic E-state index is 11.2. The Balaban J connectivity index is 1.95. The summed E-state index contributed by atoms with van der Waals surface area (Å²) in [7, 11) is 0. The van der Waals surface area contributed by atoms with Gasteiger partial charge in [-0.2, -0.15) is 5.10 Å². The maximum absolute atomic E-state index is 11.2. The normalized spacial score (nSPS) is 10.3. The molecule has 16 heavy (non-hydrogen) atoms. The summed E-state index contributed by atoms with van der Waals surface area (Å²) in [5.74, 6) is 0. The Labute approximate surface area is 104 Å². The van der Waals surface area contributed by atoms with Gasteiger partial charge in [0.05, 0.1) is 16.9 Å². The lowest BCUT2D eigenvalue weighted by Gasteiger charge is -2.05. The first kappa shape index (κ1) is 11.3. The summed E-state index contributed by atoms with van der Waals surface area (Å²) in [4.78, 5) is 15.4. The molecule has 0 aromatic carbocycles. The third kappa shape index (κ3) is 2.67. The molecule has 2 rings (SSSR count). The molecule has 0 saturated carbocycles. The summed E-state index contributed by atoms with van der Waals surface area (Å²) in [6.45, 7) is 0.719. The van der Waals surface area contributed by atoms with Crippen molar-refractivity contribution in [3.8, 4) is 0 Å². The predicted molar refractivity (Wildman–Crippen MR) is 66.9 cm³/mol. The number of halogens is 1. The number of rotatable bonds is 4. The van der Waals surface area contributed by atoms with Crippen molar-refractivity contribution in [2.45, 2.75) is 6.42 Å². The van der Waals surface area contributed by atoms with Gasteiger partial charge in [-0.25, -0.2) is 10.1 Å². The molecule has 0 atom stereocenters. The van der Waals surface area contributed by atoms with Crippen molar-refractivity contribution in [2.75, 3.05) is 11.9 Å². The average Bonchev–Trinajstić information content (AvgIpc) is 2.77. The number of nitrogens with one attached hydrogen (secondary N) is 2. The first-order valence-corrected chi connectivity index (χ1v) is 6.30. The molecule has 0 aliphatic rings. The van der Waals surface area contributed by atoms with Gasteiger partial charge in [-0.15, -0.1) is 11.3 Å². The lowest BCUT2D eigenvalue weighted by Crippen LogP contribution is -2.13. The van der Waals surface area contributed by atoms with Crippen molar-refractivity contribution >= 4 is 33.0 Å². The molecule has 2 heterocycles. The van der Waals surface area contributed by atoms with E-state index in [1.807, 2.05) is 5.38 Å². The Morgan fingerprint density at radius 1 is 1.56 bits per heavy atom. The van der Waals surface area contributed by atoms with Crippen molar-refractivity contribution in [3.63, 3.8) is 0 Å². The molecule has 0 amide bonds. The highest BCUT2D eigenvalue weighted by molar-refractivity contribution is 9.10. The highest BCUT2D eigenvalue weighted by Gasteiger charge is 2.03. The molecular formula is C9H9BrN4OS. The number of nitrogens with zero attached hydrogens (tertiary/aromatic N) is 2. The zero-order chi connectivity index (χ0) is 11.4. The van der Waals surface area contributed by atoms with Crippen LogP contribution in [0, 0.1) is 0 Å². The van der Waals surface area contributed by atoms with E-state index in [2.05, 4.69) is 36.4 Å². The first-order chi connectivity index (χ1) is 7.77. The van der Waals surface area contributed by atoms with E-state index >= 15 is 0 Å². The molecule has 0 fully saturated rings. The van der Waals surface area contributed by atoms with Crippen LogP contribution in [0.1, 0.15) is 5.01 Å². The van der Waals surface area contributed by atoms with E-state index in [1.165, 1.54) is 0 Å². The van der Waals surface area contributed by atoms with Gasteiger partial charge in [-0.05, 0) is 15.9 Å². The molecular weight excluding hydrogens is 292 g/mol. The number of H-pyrrole nitrogens is 1. The van der Waals surface area contributed by atoms with Crippen molar-refractivity contribution in [2.24, 2.45) is 0 Å². The second-order valence-electron chi connectivity index (χ2n) is 3.03. The second-order valence-corrected chi connectivity index (χ2v) is 4.80. The van der Waals surface area contributed by atoms with E-state index in [1.54, 1.807) is 23.7 Å². The molecule has 7 heteroatoms. The zero-order valence-corrected chi connectivity index (χ0v) is 10.6. The first-order valence-electron chi connectivity index (χ1n) is 4.63. The lowest BCUT2D eigenvalue weighted by molar-refractivity contribution is 0.955. The minimum Gasteiger partial charge on any atom is -0.382 e. The minimum absolute atomic E-state index is 0.237. The van der Waals surface area contributed by atoms with Crippen LogP contribution in [-0.2, 0) is 6.42 Å². The van der Waals surface area contributed by atoms with Crippen molar-refractivity contribution in [1.82, 2.24) is 15.2 Å². The molecule has 0 aliphatic carbocycles. The fraction of sp³-hybridized carbons (Fsp3) is 0.222. The van der Waals surface area contributed by atoms with Gasteiger partial charge in [0.1, 0.15) is 4.47 Å². The van der Waals surface area contributed by atoms with Crippen LogP contribution in [-0.4, -0.2) is 21.7 Å². The van der Waals surface area contributed by atoms with Crippen LogP contribution < -0.4 is 10.9 Å². The topological polar surface area (TPSA) is 70.7 Å². The largest absolute Gasteiger partial charge is 0.382 e. The van der Waals surface area contributed by atoms with Crippen LogP contribution in [0.2, 0.25) is 0 Å². The van der Waals surface area contributed by atoms with Crippen LogP contribution in [0.5, 0.6) is 0 Å². The molecule has 84 valence electrons. The Bertz CT molecular complexity index is 510. The monoisotopic (exact) mass is 300 g/mol. The van der Waals surface area contributed by atoms with Crippen LogP contribution in [0.15, 0.2) is 27.0 Å². The fourth-order valence-corrected chi connectivity index (χ4v) is 2.14. The van der Waals surface area contributed by atoms with E-state index < -0.39 is 0 Å². The van der Waals surface area contributed by atoms with Gasteiger partial charge in [0.25, 0.3) is 5.56 Å². The van der Waals surface area contributed by atoms with Gasteiger partial charge in [0.2, 0.25) is 0 Å². The minimum atomic E-state index is -0.237. The van der Waals surface area contributed by atoms with Crippen LogP contribution in [0.25, 0.3) is 0 Å². The molecule has 2 aromatic heterocycles. The molecule has 0 unspecified atom stereocenters. The summed E-state index contributed by atoms with van der Waals surface area (Å²) in [5.41, 5.74) is 0.458. The third-order valence-corrected chi connectivity index (χ3v) is 3.56. The fourth-order valence-electron chi connectivity index (χ4n) is 1.19. The molecule has 0 radical (unpaired) electrons. The van der Waals surface area contributed by atoms with E-state index in [4.69, 9.17) is 0 Å². The summed E-state index contributed by atoms with van der Waals surface area (Å²) in [6, 6.07) is 0. The number of hydrogen-bond acceptors (Lipinski definition) is 5. The van der Waals surface area contributed by atoms with Crippen molar-refractivity contribution < 1.29 is 0 Å². The van der Waals surface area contributed by atoms with E-state index in [-0.39, 0.29) is 5.56 Å². The number of aromatic nitrogens is 3. The zero-order valence-electron chi connectivity index (χ0n) is 8.24.